The smallest absolute Gasteiger partial charge is 0.229 e. The predicted molar refractivity (Wildman–Crippen MR) is 89.4 cm³/mol. The average Bonchev–Trinajstić information content (AvgIpc) is 3.23. The van der Waals surface area contributed by atoms with Crippen molar-refractivity contribution in [2.75, 3.05) is 11.4 Å². The van der Waals surface area contributed by atoms with Gasteiger partial charge < -0.3 is 9.80 Å². The van der Waals surface area contributed by atoms with Gasteiger partial charge in [-0.3, -0.25) is 14.3 Å². The molecule has 1 aromatic heterocycles. The lowest BCUT2D eigenvalue weighted by Gasteiger charge is -2.24. The number of carbonyl (C=O) groups is 2. The van der Waals surface area contributed by atoms with Crippen LogP contribution in [0.2, 0.25) is 0 Å². The van der Waals surface area contributed by atoms with Crippen molar-refractivity contribution in [2.24, 2.45) is 7.05 Å². The zero-order chi connectivity index (χ0) is 16.7. The van der Waals surface area contributed by atoms with E-state index in [1.807, 2.05) is 53.4 Å². The lowest BCUT2D eigenvalue weighted by molar-refractivity contribution is -0.131. The number of anilines is 1. The third-order valence-corrected chi connectivity index (χ3v) is 4.98. The first-order valence-electron chi connectivity index (χ1n) is 8.27. The van der Waals surface area contributed by atoms with Crippen LogP contribution in [-0.4, -0.2) is 45.1 Å². The summed E-state index contributed by atoms with van der Waals surface area (Å²) in [4.78, 5) is 28.9. The van der Waals surface area contributed by atoms with Crippen LogP contribution in [0.25, 0.3) is 0 Å². The largest absolute Gasteiger partial charge is 0.337 e. The predicted octanol–water partition coefficient (Wildman–Crippen LogP) is 1.37. The Morgan fingerprint density at radius 3 is 2.75 bits per heavy atom. The Hall–Kier alpha value is -2.63. The van der Waals surface area contributed by atoms with Crippen LogP contribution in [0.1, 0.15) is 18.4 Å². The zero-order valence-electron chi connectivity index (χ0n) is 13.6. The van der Waals surface area contributed by atoms with Gasteiger partial charge in [-0.1, -0.05) is 30.3 Å². The summed E-state index contributed by atoms with van der Waals surface area (Å²) in [6, 6.07) is 9.81. The van der Waals surface area contributed by atoms with Crippen molar-refractivity contribution in [3.8, 4) is 0 Å². The maximum Gasteiger partial charge on any atom is 0.229 e. The fourth-order valence-corrected chi connectivity index (χ4v) is 3.90. The first-order valence-corrected chi connectivity index (χ1v) is 8.27. The molecule has 0 aliphatic carbocycles. The van der Waals surface area contributed by atoms with Crippen molar-refractivity contribution >= 4 is 17.5 Å². The molecule has 2 unspecified atom stereocenters. The third-order valence-electron chi connectivity index (χ3n) is 4.98. The summed E-state index contributed by atoms with van der Waals surface area (Å²) in [5, 5.41) is 4.16. The van der Waals surface area contributed by atoms with E-state index < -0.39 is 0 Å². The van der Waals surface area contributed by atoms with Gasteiger partial charge in [0, 0.05) is 26.2 Å². The molecule has 0 saturated carbocycles. The molecule has 0 N–H and O–H groups in total. The molecule has 4 rings (SSSR count). The molecule has 2 aliphatic heterocycles. The van der Waals surface area contributed by atoms with Crippen molar-refractivity contribution in [1.82, 2.24) is 14.7 Å². The Kier molecular flexibility index (Phi) is 3.59. The van der Waals surface area contributed by atoms with Crippen LogP contribution < -0.4 is 4.90 Å². The molecule has 0 spiro atoms. The lowest BCUT2D eigenvalue weighted by atomic mass is 10.1. The SMILES string of the molecule is Cn1cc(N2C(=O)CC3C2CCN3C(=O)Cc2ccccc2)cn1. The van der Waals surface area contributed by atoms with E-state index in [1.54, 1.807) is 10.9 Å². The number of likely N-dealkylation sites (tertiary alicyclic amines) is 1. The van der Waals surface area contributed by atoms with Gasteiger partial charge in [-0.2, -0.15) is 5.10 Å². The molecule has 24 heavy (non-hydrogen) atoms. The van der Waals surface area contributed by atoms with E-state index in [4.69, 9.17) is 0 Å². The second-order valence-electron chi connectivity index (χ2n) is 6.51. The van der Waals surface area contributed by atoms with Gasteiger partial charge in [0.1, 0.15) is 0 Å². The van der Waals surface area contributed by atoms with Gasteiger partial charge in [0.15, 0.2) is 0 Å². The molecule has 2 aliphatic rings. The summed E-state index contributed by atoms with van der Waals surface area (Å²) in [5.41, 5.74) is 1.84. The number of nitrogens with zero attached hydrogens (tertiary/aromatic N) is 4. The van der Waals surface area contributed by atoms with Crippen LogP contribution in [0.15, 0.2) is 42.7 Å². The number of aryl methyl sites for hydroxylation is 1. The normalized spacial score (nSPS) is 23.0. The Morgan fingerprint density at radius 1 is 1.25 bits per heavy atom. The molecule has 2 amide bonds. The van der Waals surface area contributed by atoms with E-state index in [2.05, 4.69) is 5.10 Å². The van der Waals surface area contributed by atoms with E-state index in [9.17, 15) is 9.59 Å². The van der Waals surface area contributed by atoms with Crippen LogP contribution in [-0.2, 0) is 23.1 Å². The maximum absolute atomic E-state index is 12.7. The van der Waals surface area contributed by atoms with Crippen LogP contribution in [0.4, 0.5) is 5.69 Å². The zero-order valence-corrected chi connectivity index (χ0v) is 13.6. The fourth-order valence-electron chi connectivity index (χ4n) is 3.90. The van der Waals surface area contributed by atoms with Gasteiger partial charge in [-0.25, -0.2) is 0 Å². The number of rotatable bonds is 3. The van der Waals surface area contributed by atoms with Gasteiger partial charge >= 0.3 is 0 Å². The summed E-state index contributed by atoms with van der Waals surface area (Å²) in [6.45, 7) is 0.713. The summed E-state index contributed by atoms with van der Waals surface area (Å²) in [6.07, 6.45) is 5.19. The quantitative estimate of drug-likeness (QED) is 0.857. The van der Waals surface area contributed by atoms with Crippen LogP contribution in [0.5, 0.6) is 0 Å². The molecule has 2 fully saturated rings. The minimum atomic E-state index is -0.0195. The monoisotopic (exact) mass is 324 g/mol. The first-order chi connectivity index (χ1) is 11.6. The number of amides is 2. The number of aromatic nitrogens is 2. The molecule has 2 atom stereocenters. The summed E-state index contributed by atoms with van der Waals surface area (Å²) < 4.78 is 1.70. The highest BCUT2D eigenvalue weighted by atomic mass is 16.2. The highest BCUT2D eigenvalue weighted by Crippen LogP contribution is 2.36. The summed E-state index contributed by atoms with van der Waals surface area (Å²) in [5.74, 6) is 0.185. The molecule has 124 valence electrons. The van der Waals surface area contributed by atoms with E-state index in [1.165, 1.54) is 0 Å². The Balaban J connectivity index is 1.51. The van der Waals surface area contributed by atoms with Crippen LogP contribution in [0.3, 0.4) is 0 Å². The number of carbonyl (C=O) groups excluding carboxylic acids is 2. The lowest BCUT2D eigenvalue weighted by Crippen LogP contribution is -2.40. The topological polar surface area (TPSA) is 58.4 Å². The molecule has 3 heterocycles. The molecule has 2 aromatic rings. The van der Waals surface area contributed by atoms with Crippen LogP contribution >= 0.6 is 0 Å². The molecule has 0 bridgehead atoms. The summed E-state index contributed by atoms with van der Waals surface area (Å²) >= 11 is 0. The maximum atomic E-state index is 12.7. The standard InChI is InChI=1S/C18H20N4O2/c1-20-12-14(11-19-20)22-15-7-8-21(16(15)10-18(22)24)17(23)9-13-5-3-2-4-6-13/h2-6,11-12,15-16H,7-10H2,1H3. The number of fused-ring (bicyclic) bond motifs is 1. The Morgan fingerprint density at radius 2 is 2.04 bits per heavy atom. The van der Waals surface area contributed by atoms with Gasteiger partial charge in [0.25, 0.3) is 0 Å². The molecule has 0 radical (unpaired) electrons. The second-order valence-corrected chi connectivity index (χ2v) is 6.51. The van der Waals surface area contributed by atoms with E-state index >= 15 is 0 Å². The number of benzene rings is 1. The summed E-state index contributed by atoms with van der Waals surface area (Å²) in [7, 11) is 1.84. The van der Waals surface area contributed by atoms with Gasteiger partial charge in [0.2, 0.25) is 11.8 Å². The molecular weight excluding hydrogens is 304 g/mol. The van der Waals surface area contributed by atoms with E-state index in [0.29, 0.717) is 19.4 Å². The number of hydrogen-bond acceptors (Lipinski definition) is 3. The minimum Gasteiger partial charge on any atom is -0.337 e. The van der Waals surface area contributed by atoms with Gasteiger partial charge in [0.05, 0.1) is 30.4 Å². The van der Waals surface area contributed by atoms with E-state index in [-0.39, 0.29) is 23.9 Å². The highest BCUT2D eigenvalue weighted by molar-refractivity contribution is 5.98. The third kappa shape index (κ3) is 2.48. The average molecular weight is 324 g/mol. The fraction of sp³-hybridized carbons (Fsp3) is 0.389. The first kappa shape index (κ1) is 14.9. The van der Waals surface area contributed by atoms with Gasteiger partial charge in [-0.05, 0) is 12.0 Å². The van der Waals surface area contributed by atoms with E-state index in [0.717, 1.165) is 17.7 Å². The Labute approximate surface area is 140 Å². The van der Waals surface area contributed by atoms with Crippen molar-refractivity contribution < 1.29 is 9.59 Å². The molecule has 6 nitrogen and oxygen atoms in total. The second kappa shape index (κ2) is 5.78. The van der Waals surface area contributed by atoms with Crippen molar-refractivity contribution in [3.05, 3.63) is 48.3 Å². The highest BCUT2D eigenvalue weighted by Gasteiger charge is 2.48. The van der Waals surface area contributed by atoms with Crippen molar-refractivity contribution in [2.45, 2.75) is 31.3 Å². The Bertz CT molecular complexity index is 770. The molecule has 1 aromatic carbocycles. The van der Waals surface area contributed by atoms with Gasteiger partial charge in [-0.15, -0.1) is 0 Å². The number of hydrogen-bond donors (Lipinski definition) is 0. The van der Waals surface area contributed by atoms with Crippen molar-refractivity contribution in [3.63, 3.8) is 0 Å². The van der Waals surface area contributed by atoms with Crippen LogP contribution in [0, 0.1) is 0 Å². The van der Waals surface area contributed by atoms with Crippen molar-refractivity contribution in [1.29, 1.82) is 0 Å². The minimum absolute atomic E-state index is 0.0195. The molecule has 6 heteroatoms. The molecule has 2 saturated heterocycles. The molecular formula is C18H20N4O2.